The number of aliphatic hydroxyl groups excluding tert-OH is 1. The van der Waals surface area contributed by atoms with Gasteiger partial charge in [0.05, 0.1) is 6.61 Å². The highest BCUT2D eigenvalue weighted by Crippen LogP contribution is 2.36. The van der Waals surface area contributed by atoms with E-state index in [1.807, 2.05) is 30.3 Å². The first-order chi connectivity index (χ1) is 9.26. The SMILES string of the molecule is C=c1ccc2c(c1)Oc1cc(OCCO)ccc1N=2. The van der Waals surface area contributed by atoms with E-state index in [1.54, 1.807) is 6.07 Å². The Morgan fingerprint density at radius 2 is 2.05 bits per heavy atom. The Balaban J connectivity index is 2.01. The summed E-state index contributed by atoms with van der Waals surface area (Å²) in [6.45, 7) is 4.11. The zero-order valence-electron chi connectivity index (χ0n) is 10.3. The van der Waals surface area contributed by atoms with Crippen LogP contribution in [0.4, 0.5) is 5.69 Å². The minimum Gasteiger partial charge on any atom is -0.491 e. The molecule has 0 saturated carbocycles. The first-order valence-electron chi connectivity index (χ1n) is 5.99. The van der Waals surface area contributed by atoms with Gasteiger partial charge in [-0.05, 0) is 29.5 Å². The highest BCUT2D eigenvalue weighted by atomic mass is 16.5. The molecule has 4 heteroatoms. The summed E-state index contributed by atoms with van der Waals surface area (Å²) in [6, 6.07) is 11.0. The number of aliphatic hydroxyl groups is 1. The highest BCUT2D eigenvalue weighted by Gasteiger charge is 2.12. The molecule has 1 aliphatic heterocycles. The maximum Gasteiger partial charge on any atom is 0.156 e. The third-order valence-electron chi connectivity index (χ3n) is 2.78. The molecule has 0 fully saturated rings. The van der Waals surface area contributed by atoms with Crippen LogP contribution in [-0.2, 0) is 0 Å². The van der Waals surface area contributed by atoms with E-state index in [1.165, 1.54) is 0 Å². The average Bonchev–Trinajstić information content (AvgIpc) is 2.42. The fraction of sp³-hybridized carbons (Fsp3) is 0.133. The zero-order chi connectivity index (χ0) is 13.2. The van der Waals surface area contributed by atoms with Crippen LogP contribution in [0.25, 0.3) is 6.58 Å². The number of fused-ring (bicyclic) bond motifs is 2. The fourth-order valence-electron chi connectivity index (χ4n) is 1.90. The van der Waals surface area contributed by atoms with Gasteiger partial charge in [-0.25, -0.2) is 4.99 Å². The number of hydrogen-bond donors (Lipinski definition) is 1. The first-order valence-corrected chi connectivity index (χ1v) is 5.99. The van der Waals surface area contributed by atoms with Gasteiger partial charge in [0, 0.05) is 6.07 Å². The van der Waals surface area contributed by atoms with Crippen LogP contribution in [0.5, 0.6) is 17.2 Å². The van der Waals surface area contributed by atoms with E-state index in [0.29, 0.717) is 17.2 Å². The molecule has 96 valence electrons. The molecule has 3 rings (SSSR count). The van der Waals surface area contributed by atoms with E-state index in [-0.39, 0.29) is 13.2 Å². The van der Waals surface area contributed by atoms with Gasteiger partial charge in [0.1, 0.15) is 23.4 Å². The summed E-state index contributed by atoms with van der Waals surface area (Å²) in [4.78, 5) is 4.51. The van der Waals surface area contributed by atoms with Gasteiger partial charge in [0.2, 0.25) is 0 Å². The Bertz CT molecular complexity index is 725. The monoisotopic (exact) mass is 255 g/mol. The van der Waals surface area contributed by atoms with Gasteiger partial charge in [-0.15, -0.1) is 0 Å². The first kappa shape index (κ1) is 11.7. The van der Waals surface area contributed by atoms with Crippen LogP contribution >= 0.6 is 0 Å². The van der Waals surface area contributed by atoms with Crippen molar-refractivity contribution in [3.63, 3.8) is 0 Å². The van der Waals surface area contributed by atoms with Crippen molar-refractivity contribution < 1.29 is 14.6 Å². The van der Waals surface area contributed by atoms with Crippen LogP contribution in [0.2, 0.25) is 0 Å². The smallest absolute Gasteiger partial charge is 0.156 e. The van der Waals surface area contributed by atoms with E-state index >= 15 is 0 Å². The fourth-order valence-corrected chi connectivity index (χ4v) is 1.90. The molecule has 0 bridgehead atoms. The van der Waals surface area contributed by atoms with Crippen LogP contribution in [0.1, 0.15) is 0 Å². The van der Waals surface area contributed by atoms with Gasteiger partial charge in [-0.3, -0.25) is 0 Å². The summed E-state index contributed by atoms with van der Waals surface area (Å²) in [5.41, 5.74) is 0.765. The summed E-state index contributed by atoms with van der Waals surface area (Å²) in [6.07, 6.45) is 0. The summed E-state index contributed by atoms with van der Waals surface area (Å²) in [5, 5.41) is 10.4. The minimum atomic E-state index is -0.0178. The molecule has 0 aliphatic carbocycles. The third kappa shape index (κ3) is 2.30. The van der Waals surface area contributed by atoms with Crippen LogP contribution in [0.15, 0.2) is 41.4 Å². The number of nitrogens with zero attached hydrogens (tertiary/aromatic N) is 1. The van der Waals surface area contributed by atoms with Crippen molar-refractivity contribution in [1.82, 2.24) is 0 Å². The molecule has 1 N–H and O–H groups in total. The second-order valence-corrected chi connectivity index (χ2v) is 4.22. The maximum absolute atomic E-state index is 8.74. The average molecular weight is 255 g/mol. The Labute approximate surface area is 110 Å². The van der Waals surface area contributed by atoms with Crippen LogP contribution in [0.3, 0.4) is 0 Å². The third-order valence-corrected chi connectivity index (χ3v) is 2.78. The molecule has 1 aliphatic rings. The van der Waals surface area contributed by atoms with Gasteiger partial charge >= 0.3 is 0 Å². The van der Waals surface area contributed by atoms with E-state index in [4.69, 9.17) is 14.6 Å². The molecule has 0 amide bonds. The minimum absolute atomic E-state index is 0.0178. The molecular weight excluding hydrogens is 242 g/mol. The molecule has 0 radical (unpaired) electrons. The second kappa shape index (κ2) is 4.74. The van der Waals surface area contributed by atoms with Crippen molar-refractivity contribution in [3.05, 3.63) is 47.0 Å². The Morgan fingerprint density at radius 3 is 2.89 bits per heavy atom. The molecule has 0 atom stereocenters. The van der Waals surface area contributed by atoms with E-state index in [0.717, 1.165) is 16.3 Å². The lowest BCUT2D eigenvalue weighted by atomic mass is 10.2. The standard InChI is InChI=1S/C15H13NO3/c1-10-2-4-12-14(8-10)19-15-9-11(18-7-6-17)3-5-13(15)16-12/h2-5,8-9,17H,1,6-7H2. The molecule has 0 aromatic heterocycles. The predicted molar refractivity (Wildman–Crippen MR) is 71.5 cm³/mol. The molecule has 0 unspecified atom stereocenters. The molecule has 2 aromatic carbocycles. The van der Waals surface area contributed by atoms with Crippen LogP contribution in [0, 0.1) is 0 Å². The predicted octanol–water partition coefficient (Wildman–Crippen LogP) is 1.52. The van der Waals surface area contributed by atoms with Gasteiger partial charge in [0.15, 0.2) is 11.5 Å². The van der Waals surface area contributed by atoms with Crippen molar-refractivity contribution >= 4 is 12.3 Å². The van der Waals surface area contributed by atoms with Gasteiger partial charge in [0.25, 0.3) is 0 Å². The van der Waals surface area contributed by atoms with Crippen molar-refractivity contribution in [3.8, 4) is 17.2 Å². The lowest BCUT2D eigenvalue weighted by molar-refractivity contribution is 0.201. The Kier molecular flexibility index (Phi) is 2.93. The lowest BCUT2D eigenvalue weighted by Crippen LogP contribution is -2.13. The molecule has 0 saturated heterocycles. The summed E-state index contributed by atoms with van der Waals surface area (Å²) in [7, 11) is 0. The lowest BCUT2D eigenvalue weighted by Gasteiger charge is -2.15. The number of rotatable bonds is 3. The number of benzene rings is 2. The molecule has 0 spiro atoms. The van der Waals surface area contributed by atoms with Crippen LogP contribution < -0.4 is 20.0 Å². The quantitative estimate of drug-likeness (QED) is 0.772. The molecule has 4 nitrogen and oxygen atoms in total. The van der Waals surface area contributed by atoms with Gasteiger partial charge in [-0.2, -0.15) is 0 Å². The highest BCUT2D eigenvalue weighted by molar-refractivity contribution is 5.58. The molecule has 1 heterocycles. The Morgan fingerprint density at radius 1 is 1.16 bits per heavy atom. The maximum atomic E-state index is 8.74. The topological polar surface area (TPSA) is 51.0 Å². The number of hydrogen-bond acceptors (Lipinski definition) is 4. The van der Waals surface area contributed by atoms with E-state index in [9.17, 15) is 0 Å². The van der Waals surface area contributed by atoms with Crippen molar-refractivity contribution in [1.29, 1.82) is 0 Å². The molecular formula is C15H13NO3. The summed E-state index contributed by atoms with van der Waals surface area (Å²) in [5.74, 6) is 1.99. The molecule has 2 aromatic rings. The van der Waals surface area contributed by atoms with Crippen molar-refractivity contribution in [2.75, 3.05) is 13.2 Å². The largest absolute Gasteiger partial charge is 0.491 e. The van der Waals surface area contributed by atoms with Gasteiger partial charge in [-0.1, -0.05) is 12.6 Å². The zero-order valence-corrected chi connectivity index (χ0v) is 10.3. The van der Waals surface area contributed by atoms with Gasteiger partial charge < -0.3 is 14.6 Å². The summed E-state index contributed by atoms with van der Waals surface area (Å²) < 4.78 is 11.2. The van der Waals surface area contributed by atoms with E-state index < -0.39 is 0 Å². The van der Waals surface area contributed by atoms with E-state index in [2.05, 4.69) is 11.6 Å². The second-order valence-electron chi connectivity index (χ2n) is 4.22. The number of ether oxygens (including phenoxy) is 2. The van der Waals surface area contributed by atoms with Crippen molar-refractivity contribution in [2.45, 2.75) is 0 Å². The van der Waals surface area contributed by atoms with Crippen LogP contribution in [-0.4, -0.2) is 18.3 Å². The Hall–Kier alpha value is -2.33. The summed E-state index contributed by atoms with van der Waals surface area (Å²) >= 11 is 0. The van der Waals surface area contributed by atoms with Crippen molar-refractivity contribution in [2.24, 2.45) is 4.99 Å². The normalized spacial score (nSPS) is 11.8. The molecule has 19 heavy (non-hydrogen) atoms.